The second-order valence-corrected chi connectivity index (χ2v) is 4.68. The summed E-state index contributed by atoms with van der Waals surface area (Å²) >= 11 is 1.82. The topological polar surface area (TPSA) is 33.6 Å². The molecule has 1 rings (SSSR count). The van der Waals surface area contributed by atoms with Crippen LogP contribution in [0.2, 0.25) is 0 Å². The Morgan fingerprint density at radius 1 is 1.64 bits per heavy atom. The van der Waals surface area contributed by atoms with Crippen LogP contribution in [0.4, 0.5) is 0 Å². The Balaban J connectivity index is 2.13. The minimum Gasteiger partial charge on any atom is -0.377 e. The molecule has 0 saturated carbocycles. The third kappa shape index (κ3) is 4.33. The highest BCUT2D eigenvalue weighted by Crippen LogP contribution is 2.15. The fraction of sp³-hybridized carbons (Fsp3) is 0.900. The van der Waals surface area contributed by atoms with E-state index < -0.39 is 0 Å². The van der Waals surface area contributed by atoms with Gasteiger partial charge in [0.15, 0.2) is 5.17 Å². The number of aliphatic imine (C=N–C) groups is 1. The van der Waals surface area contributed by atoms with Crippen LogP contribution in [0, 0.1) is 0 Å². The van der Waals surface area contributed by atoms with E-state index in [4.69, 9.17) is 4.74 Å². The van der Waals surface area contributed by atoms with Gasteiger partial charge in [-0.05, 0) is 20.3 Å². The molecule has 14 heavy (non-hydrogen) atoms. The van der Waals surface area contributed by atoms with Crippen molar-refractivity contribution in [2.75, 3.05) is 18.9 Å². The summed E-state index contributed by atoms with van der Waals surface area (Å²) in [6, 6.07) is 0.616. The SMILES string of the molecule is CCC1CSC(=NCCOC(C)C)N1. The highest BCUT2D eigenvalue weighted by molar-refractivity contribution is 8.14. The van der Waals surface area contributed by atoms with Crippen LogP contribution < -0.4 is 5.32 Å². The maximum atomic E-state index is 5.41. The summed E-state index contributed by atoms with van der Waals surface area (Å²) in [5.74, 6) is 1.15. The first-order valence-electron chi connectivity index (χ1n) is 5.27. The van der Waals surface area contributed by atoms with E-state index in [1.165, 1.54) is 6.42 Å². The van der Waals surface area contributed by atoms with Gasteiger partial charge in [0.25, 0.3) is 0 Å². The maximum absolute atomic E-state index is 5.41. The third-order valence-corrected chi connectivity index (χ3v) is 3.13. The predicted octanol–water partition coefficient (Wildman–Crippen LogP) is 1.88. The maximum Gasteiger partial charge on any atom is 0.156 e. The molecule has 0 bridgehead atoms. The lowest BCUT2D eigenvalue weighted by molar-refractivity contribution is 0.0853. The first kappa shape index (κ1) is 11.9. The van der Waals surface area contributed by atoms with Gasteiger partial charge in [-0.2, -0.15) is 0 Å². The van der Waals surface area contributed by atoms with Crippen molar-refractivity contribution < 1.29 is 4.74 Å². The molecule has 1 saturated heterocycles. The van der Waals surface area contributed by atoms with Gasteiger partial charge in [0.2, 0.25) is 0 Å². The Bertz CT molecular complexity index is 195. The van der Waals surface area contributed by atoms with E-state index in [9.17, 15) is 0 Å². The molecule has 0 spiro atoms. The van der Waals surface area contributed by atoms with Gasteiger partial charge in [0.1, 0.15) is 0 Å². The molecule has 3 nitrogen and oxygen atoms in total. The summed E-state index contributed by atoms with van der Waals surface area (Å²) in [4.78, 5) is 4.44. The number of thioether (sulfide) groups is 1. The van der Waals surface area contributed by atoms with E-state index >= 15 is 0 Å². The fourth-order valence-corrected chi connectivity index (χ4v) is 2.29. The summed E-state index contributed by atoms with van der Waals surface area (Å²) in [7, 11) is 0. The van der Waals surface area contributed by atoms with Crippen molar-refractivity contribution in [3.05, 3.63) is 0 Å². The van der Waals surface area contributed by atoms with Crippen molar-refractivity contribution in [3.63, 3.8) is 0 Å². The lowest BCUT2D eigenvalue weighted by atomic mass is 10.3. The van der Waals surface area contributed by atoms with Gasteiger partial charge in [-0.15, -0.1) is 0 Å². The second-order valence-electron chi connectivity index (χ2n) is 3.67. The van der Waals surface area contributed by atoms with Crippen LogP contribution in [0.5, 0.6) is 0 Å². The van der Waals surface area contributed by atoms with E-state index in [1.54, 1.807) is 0 Å². The molecular formula is C10H20N2OS. The third-order valence-electron chi connectivity index (χ3n) is 2.04. The predicted molar refractivity (Wildman–Crippen MR) is 63.1 cm³/mol. The quantitative estimate of drug-likeness (QED) is 0.712. The molecule has 0 amide bonds. The van der Waals surface area contributed by atoms with Crippen LogP contribution in [0.15, 0.2) is 4.99 Å². The summed E-state index contributed by atoms with van der Waals surface area (Å²) in [5.41, 5.74) is 0. The number of nitrogens with zero attached hydrogens (tertiary/aromatic N) is 1. The standard InChI is InChI=1S/C10H20N2OS/c1-4-9-7-14-10(12-9)11-5-6-13-8(2)3/h8-9H,4-7H2,1-3H3,(H,11,12). The van der Waals surface area contributed by atoms with Gasteiger partial charge in [0, 0.05) is 11.8 Å². The Labute approximate surface area is 90.7 Å². The first-order chi connectivity index (χ1) is 6.72. The van der Waals surface area contributed by atoms with E-state index in [0.29, 0.717) is 12.1 Å². The molecule has 1 heterocycles. The lowest BCUT2D eigenvalue weighted by Gasteiger charge is -2.06. The van der Waals surface area contributed by atoms with Crippen LogP contribution >= 0.6 is 11.8 Å². The number of hydrogen-bond donors (Lipinski definition) is 1. The number of nitrogens with one attached hydrogen (secondary N) is 1. The molecule has 1 fully saturated rings. The van der Waals surface area contributed by atoms with Gasteiger partial charge in [-0.25, -0.2) is 0 Å². The van der Waals surface area contributed by atoms with Crippen LogP contribution in [-0.2, 0) is 4.74 Å². The fourth-order valence-electron chi connectivity index (χ4n) is 1.18. The molecule has 0 aromatic carbocycles. The van der Waals surface area contributed by atoms with E-state index in [2.05, 4.69) is 17.2 Å². The molecule has 4 heteroatoms. The van der Waals surface area contributed by atoms with Crippen LogP contribution in [-0.4, -0.2) is 36.2 Å². The van der Waals surface area contributed by atoms with Crippen molar-refractivity contribution in [3.8, 4) is 0 Å². The molecule has 0 aliphatic carbocycles. The van der Waals surface area contributed by atoms with Gasteiger partial charge in [-0.3, -0.25) is 4.99 Å². The zero-order valence-electron chi connectivity index (χ0n) is 9.25. The van der Waals surface area contributed by atoms with Crippen LogP contribution in [0.25, 0.3) is 0 Å². The Kier molecular flexibility index (Phi) is 5.33. The molecule has 1 aliphatic heterocycles. The Hall–Kier alpha value is -0.220. The highest BCUT2D eigenvalue weighted by atomic mass is 32.2. The molecule has 1 aliphatic rings. The molecular weight excluding hydrogens is 196 g/mol. The Morgan fingerprint density at radius 2 is 2.43 bits per heavy atom. The number of ether oxygens (including phenoxy) is 1. The van der Waals surface area contributed by atoms with Crippen LogP contribution in [0.3, 0.4) is 0 Å². The summed E-state index contributed by atoms with van der Waals surface area (Å²) in [6.07, 6.45) is 1.48. The minimum atomic E-state index is 0.308. The minimum absolute atomic E-state index is 0.308. The summed E-state index contributed by atoms with van der Waals surface area (Å²) in [5, 5.41) is 4.47. The summed E-state index contributed by atoms with van der Waals surface area (Å²) in [6.45, 7) is 7.78. The largest absolute Gasteiger partial charge is 0.377 e. The van der Waals surface area contributed by atoms with Crippen molar-refractivity contribution in [2.45, 2.75) is 39.3 Å². The second kappa shape index (κ2) is 6.30. The molecule has 82 valence electrons. The average Bonchev–Trinajstić information content (AvgIpc) is 2.60. The average molecular weight is 216 g/mol. The molecule has 1 unspecified atom stereocenters. The van der Waals surface area contributed by atoms with Crippen molar-refractivity contribution >= 4 is 16.9 Å². The molecule has 0 radical (unpaired) electrons. The van der Waals surface area contributed by atoms with Crippen molar-refractivity contribution in [1.29, 1.82) is 0 Å². The van der Waals surface area contributed by atoms with E-state index in [1.807, 2.05) is 25.6 Å². The van der Waals surface area contributed by atoms with Gasteiger partial charge < -0.3 is 10.1 Å². The van der Waals surface area contributed by atoms with Gasteiger partial charge in [-0.1, -0.05) is 18.7 Å². The first-order valence-corrected chi connectivity index (χ1v) is 6.26. The molecule has 0 aromatic heterocycles. The Morgan fingerprint density at radius 3 is 3.00 bits per heavy atom. The summed E-state index contributed by atoms with van der Waals surface area (Å²) < 4.78 is 5.41. The number of amidine groups is 1. The number of hydrogen-bond acceptors (Lipinski definition) is 3. The smallest absolute Gasteiger partial charge is 0.156 e. The van der Waals surface area contributed by atoms with E-state index in [0.717, 1.165) is 24.1 Å². The van der Waals surface area contributed by atoms with Gasteiger partial charge in [0.05, 0.1) is 19.3 Å². The zero-order chi connectivity index (χ0) is 10.4. The molecule has 0 aromatic rings. The van der Waals surface area contributed by atoms with Crippen LogP contribution in [0.1, 0.15) is 27.2 Å². The van der Waals surface area contributed by atoms with Gasteiger partial charge >= 0.3 is 0 Å². The lowest BCUT2D eigenvalue weighted by Crippen LogP contribution is -2.26. The van der Waals surface area contributed by atoms with Crippen molar-refractivity contribution in [2.24, 2.45) is 4.99 Å². The van der Waals surface area contributed by atoms with Crippen molar-refractivity contribution in [1.82, 2.24) is 5.32 Å². The molecule has 1 atom stereocenters. The number of rotatable bonds is 5. The normalized spacial score (nSPS) is 24.6. The monoisotopic (exact) mass is 216 g/mol. The zero-order valence-corrected chi connectivity index (χ0v) is 10.1. The molecule has 1 N–H and O–H groups in total. The van der Waals surface area contributed by atoms with E-state index in [-0.39, 0.29) is 0 Å². The highest BCUT2D eigenvalue weighted by Gasteiger charge is 2.17.